The molecule has 0 aliphatic heterocycles. The lowest BCUT2D eigenvalue weighted by molar-refractivity contribution is 0.247. The molecule has 0 saturated carbocycles. The molecular formula is C7H13N5OS. The molecule has 0 radical (unpaired) electrons. The van der Waals surface area contributed by atoms with Crippen LogP contribution >= 0.6 is 12.2 Å². The van der Waals surface area contributed by atoms with Gasteiger partial charge in [0, 0.05) is 6.54 Å². The average molecular weight is 215 g/mol. The summed E-state index contributed by atoms with van der Waals surface area (Å²) in [6.07, 6.45) is 3.20. The lowest BCUT2D eigenvalue weighted by atomic mass is 10.2. The van der Waals surface area contributed by atoms with Crippen LogP contribution in [-0.2, 0) is 6.54 Å². The largest absolute Gasteiger partial charge is 0.350 e. The number of aryl methyl sites for hydroxylation is 1. The molecule has 6 nitrogen and oxygen atoms in total. The lowest BCUT2D eigenvalue weighted by Gasteiger charge is -1.97. The van der Waals surface area contributed by atoms with Crippen LogP contribution in [0.2, 0.25) is 0 Å². The topological polar surface area (TPSA) is 78.7 Å². The van der Waals surface area contributed by atoms with E-state index in [4.69, 9.17) is 18.0 Å². The van der Waals surface area contributed by atoms with Crippen molar-refractivity contribution in [1.82, 2.24) is 19.8 Å². The van der Waals surface area contributed by atoms with Crippen LogP contribution in [0.4, 0.5) is 4.79 Å². The van der Waals surface area contributed by atoms with Crippen molar-refractivity contribution in [1.29, 1.82) is 0 Å². The number of amides is 1. The van der Waals surface area contributed by atoms with Gasteiger partial charge in [0.1, 0.15) is 0 Å². The first-order valence-corrected chi connectivity index (χ1v) is 4.90. The second kappa shape index (κ2) is 4.85. The monoisotopic (exact) mass is 215 g/mol. The van der Waals surface area contributed by atoms with Gasteiger partial charge in [0.2, 0.25) is 4.77 Å². The van der Waals surface area contributed by atoms with Gasteiger partial charge in [-0.1, -0.05) is 19.8 Å². The number of carbonyl (C=O) groups is 1. The zero-order chi connectivity index (χ0) is 10.6. The molecule has 0 aromatic carbocycles. The Bertz CT molecular complexity index is 368. The molecule has 0 spiro atoms. The molecule has 14 heavy (non-hydrogen) atoms. The fraction of sp³-hybridized carbons (Fsp3) is 0.714. The van der Waals surface area contributed by atoms with E-state index in [1.165, 1.54) is 4.68 Å². The first kappa shape index (κ1) is 10.8. The first-order chi connectivity index (χ1) is 6.66. The van der Waals surface area contributed by atoms with Gasteiger partial charge in [-0.3, -0.25) is 0 Å². The molecule has 7 heteroatoms. The summed E-state index contributed by atoms with van der Waals surface area (Å²) in [5.74, 6) is 0. The summed E-state index contributed by atoms with van der Waals surface area (Å²) in [5, 5.41) is 7.28. The van der Waals surface area contributed by atoms with Crippen molar-refractivity contribution in [3.05, 3.63) is 4.77 Å². The van der Waals surface area contributed by atoms with E-state index in [1.54, 1.807) is 0 Å². The molecule has 0 atom stereocenters. The van der Waals surface area contributed by atoms with Crippen molar-refractivity contribution in [2.45, 2.75) is 32.7 Å². The van der Waals surface area contributed by atoms with Crippen molar-refractivity contribution in [2.75, 3.05) is 0 Å². The number of rotatable bonds is 4. The third kappa shape index (κ3) is 2.38. The third-order valence-corrected chi connectivity index (χ3v) is 2.21. The van der Waals surface area contributed by atoms with Gasteiger partial charge < -0.3 is 5.73 Å². The Morgan fingerprint density at radius 1 is 1.50 bits per heavy atom. The number of hydrogen-bond donors (Lipinski definition) is 1. The molecule has 1 amide bonds. The Labute approximate surface area is 86.7 Å². The van der Waals surface area contributed by atoms with Crippen LogP contribution in [0.15, 0.2) is 0 Å². The van der Waals surface area contributed by atoms with Gasteiger partial charge in [0.05, 0.1) is 0 Å². The maximum atomic E-state index is 10.8. The smallest absolute Gasteiger partial charge is 0.343 e. The second-order valence-corrected chi connectivity index (χ2v) is 3.31. The van der Waals surface area contributed by atoms with E-state index >= 15 is 0 Å². The maximum Gasteiger partial charge on any atom is 0.343 e. The number of aromatic nitrogens is 4. The number of unbranched alkanes of at least 4 members (excludes halogenated alkanes) is 2. The van der Waals surface area contributed by atoms with E-state index < -0.39 is 6.03 Å². The molecule has 0 aliphatic carbocycles. The van der Waals surface area contributed by atoms with Crippen LogP contribution in [0, 0.1) is 4.77 Å². The normalized spacial score (nSPS) is 10.4. The van der Waals surface area contributed by atoms with E-state index in [0.717, 1.165) is 23.9 Å². The summed E-state index contributed by atoms with van der Waals surface area (Å²) >= 11 is 4.95. The molecule has 1 aromatic rings. The molecular weight excluding hydrogens is 202 g/mol. The number of tetrazole rings is 1. The van der Waals surface area contributed by atoms with E-state index in [-0.39, 0.29) is 4.77 Å². The van der Waals surface area contributed by atoms with E-state index in [0.29, 0.717) is 6.54 Å². The molecule has 0 saturated heterocycles. The Hall–Kier alpha value is -1.24. The van der Waals surface area contributed by atoms with Gasteiger partial charge in [0.15, 0.2) is 0 Å². The molecule has 1 rings (SSSR count). The standard InChI is InChI=1S/C7H13N5OS/c1-2-3-4-5-11-7(14)12(6(8)13)10-9-11/h2-5H2,1H3,(H2,8,13). The number of nitrogens with two attached hydrogens (primary N) is 1. The van der Waals surface area contributed by atoms with Crippen molar-refractivity contribution in [3.63, 3.8) is 0 Å². The molecule has 78 valence electrons. The molecule has 0 unspecified atom stereocenters. The molecule has 0 aliphatic rings. The highest BCUT2D eigenvalue weighted by Gasteiger charge is 2.06. The molecule has 0 bridgehead atoms. The van der Waals surface area contributed by atoms with E-state index in [1.807, 2.05) is 0 Å². The minimum atomic E-state index is -0.697. The number of nitrogens with zero attached hydrogens (tertiary/aromatic N) is 4. The number of carbonyl (C=O) groups excluding carboxylic acids is 1. The van der Waals surface area contributed by atoms with Crippen LogP contribution in [0.1, 0.15) is 26.2 Å². The summed E-state index contributed by atoms with van der Waals surface area (Å²) in [5.41, 5.74) is 5.02. The number of primary amides is 1. The van der Waals surface area contributed by atoms with Crippen molar-refractivity contribution < 1.29 is 4.79 Å². The van der Waals surface area contributed by atoms with E-state index in [2.05, 4.69) is 17.4 Å². The molecule has 2 N–H and O–H groups in total. The summed E-state index contributed by atoms with van der Waals surface area (Å²) in [6.45, 7) is 2.79. The Morgan fingerprint density at radius 3 is 2.71 bits per heavy atom. The minimum absolute atomic E-state index is 0.258. The fourth-order valence-corrected chi connectivity index (χ4v) is 1.32. The highest BCUT2D eigenvalue weighted by atomic mass is 32.1. The lowest BCUT2D eigenvalue weighted by Crippen LogP contribution is -2.21. The molecule has 1 heterocycles. The zero-order valence-corrected chi connectivity index (χ0v) is 8.83. The predicted molar refractivity (Wildman–Crippen MR) is 53.4 cm³/mol. The van der Waals surface area contributed by atoms with Gasteiger partial charge in [0.25, 0.3) is 0 Å². The van der Waals surface area contributed by atoms with Gasteiger partial charge in [-0.05, 0) is 29.1 Å². The highest BCUT2D eigenvalue weighted by molar-refractivity contribution is 7.71. The van der Waals surface area contributed by atoms with Gasteiger partial charge in [-0.25, -0.2) is 9.48 Å². The maximum absolute atomic E-state index is 10.8. The van der Waals surface area contributed by atoms with Crippen LogP contribution < -0.4 is 5.73 Å². The summed E-state index contributed by atoms with van der Waals surface area (Å²) in [6, 6.07) is -0.697. The van der Waals surface area contributed by atoms with Crippen LogP contribution in [0.5, 0.6) is 0 Å². The Morgan fingerprint density at radius 2 is 2.21 bits per heavy atom. The van der Waals surface area contributed by atoms with Gasteiger partial charge in [-0.15, -0.1) is 4.68 Å². The van der Waals surface area contributed by atoms with Crippen molar-refractivity contribution in [3.8, 4) is 0 Å². The first-order valence-electron chi connectivity index (χ1n) is 4.49. The molecule has 0 fully saturated rings. The van der Waals surface area contributed by atoms with Crippen LogP contribution in [0.25, 0.3) is 0 Å². The fourth-order valence-electron chi connectivity index (χ4n) is 1.06. The van der Waals surface area contributed by atoms with Gasteiger partial charge >= 0.3 is 6.03 Å². The summed E-state index contributed by atoms with van der Waals surface area (Å²) in [4.78, 5) is 10.8. The van der Waals surface area contributed by atoms with Gasteiger partial charge in [-0.2, -0.15) is 0 Å². The highest BCUT2D eigenvalue weighted by Crippen LogP contribution is 1.98. The number of hydrogen-bond acceptors (Lipinski definition) is 4. The Balaban J connectivity index is 2.70. The SMILES string of the molecule is CCCCCn1nnn(C(N)=O)c1=S. The molecule has 1 aromatic heterocycles. The van der Waals surface area contributed by atoms with Crippen LogP contribution in [-0.4, -0.2) is 25.8 Å². The summed E-state index contributed by atoms with van der Waals surface area (Å²) in [7, 11) is 0. The summed E-state index contributed by atoms with van der Waals surface area (Å²) < 4.78 is 2.69. The quantitative estimate of drug-likeness (QED) is 0.460. The van der Waals surface area contributed by atoms with E-state index in [9.17, 15) is 4.79 Å². The predicted octanol–water partition coefficient (Wildman–Crippen LogP) is 0.926. The zero-order valence-electron chi connectivity index (χ0n) is 8.01. The Kier molecular flexibility index (Phi) is 3.75. The van der Waals surface area contributed by atoms with Crippen molar-refractivity contribution >= 4 is 18.2 Å². The van der Waals surface area contributed by atoms with Crippen LogP contribution in [0.3, 0.4) is 0 Å². The second-order valence-electron chi connectivity index (χ2n) is 2.94. The average Bonchev–Trinajstić information content (AvgIpc) is 2.48. The third-order valence-electron chi connectivity index (χ3n) is 1.82. The van der Waals surface area contributed by atoms with Crippen molar-refractivity contribution in [2.24, 2.45) is 5.73 Å². The minimum Gasteiger partial charge on any atom is -0.350 e.